The number of carbonyl (C=O) groups excluding carboxylic acids is 1. The van der Waals surface area contributed by atoms with Gasteiger partial charge in [-0.2, -0.15) is 0 Å². The summed E-state index contributed by atoms with van der Waals surface area (Å²) >= 11 is 0. The third-order valence-electron chi connectivity index (χ3n) is 5.44. The third kappa shape index (κ3) is 6.19. The van der Waals surface area contributed by atoms with Gasteiger partial charge < -0.3 is 14.2 Å². The van der Waals surface area contributed by atoms with Crippen LogP contribution in [0.5, 0.6) is 11.5 Å². The van der Waals surface area contributed by atoms with Crippen molar-refractivity contribution in [2.45, 2.75) is 39.2 Å². The average molecular weight is 419 g/mol. The number of rotatable bonds is 10. The quantitative estimate of drug-likeness (QED) is 0.351. The van der Waals surface area contributed by atoms with Crippen LogP contribution in [0.1, 0.15) is 48.7 Å². The van der Waals surface area contributed by atoms with E-state index in [2.05, 4.69) is 13.8 Å². The smallest absolute Gasteiger partial charge is 0.338 e. The van der Waals surface area contributed by atoms with Crippen molar-refractivity contribution in [3.8, 4) is 11.5 Å². The molecule has 0 saturated carbocycles. The fraction of sp³-hybridized carbons (Fsp3) is 0.296. The maximum absolute atomic E-state index is 11.9. The summed E-state index contributed by atoms with van der Waals surface area (Å²) in [6, 6.07) is 25.3. The Bertz CT molecular complexity index is 966. The zero-order valence-electron chi connectivity index (χ0n) is 18.5. The zero-order valence-corrected chi connectivity index (χ0v) is 18.5. The van der Waals surface area contributed by atoms with Crippen LogP contribution in [0.3, 0.4) is 0 Å². The molecule has 0 heterocycles. The molecular formula is C27H30O4. The molecule has 0 N–H and O–H groups in total. The lowest BCUT2D eigenvalue weighted by Crippen LogP contribution is -2.27. The number of esters is 1. The molecule has 4 nitrogen and oxygen atoms in total. The van der Waals surface area contributed by atoms with E-state index in [1.165, 1.54) is 0 Å². The fourth-order valence-electron chi connectivity index (χ4n) is 3.33. The van der Waals surface area contributed by atoms with Gasteiger partial charge in [-0.1, -0.05) is 56.3 Å². The van der Waals surface area contributed by atoms with Gasteiger partial charge in [0.25, 0.3) is 0 Å². The second-order valence-corrected chi connectivity index (χ2v) is 7.77. The standard InChI is InChI=1S/C27H30O4/c1-4-27(3,23-16-14-22(15-17-23)26(28)30-5-2)20-29-19-21-10-9-13-25(18-21)31-24-11-7-6-8-12-24/h6-18H,4-5,19-20H2,1-3H3. The first kappa shape index (κ1) is 22.6. The normalized spacial score (nSPS) is 12.7. The van der Waals surface area contributed by atoms with E-state index < -0.39 is 0 Å². The molecule has 0 aromatic heterocycles. The summed E-state index contributed by atoms with van der Waals surface area (Å²) < 4.78 is 17.1. The van der Waals surface area contributed by atoms with E-state index in [4.69, 9.17) is 14.2 Å². The van der Waals surface area contributed by atoms with Crippen molar-refractivity contribution in [2.75, 3.05) is 13.2 Å². The van der Waals surface area contributed by atoms with Gasteiger partial charge >= 0.3 is 5.97 Å². The molecular weight excluding hydrogens is 388 g/mol. The van der Waals surface area contributed by atoms with Crippen molar-refractivity contribution in [3.05, 3.63) is 95.6 Å². The highest BCUT2D eigenvalue weighted by Crippen LogP contribution is 2.29. The summed E-state index contributed by atoms with van der Waals surface area (Å²) in [5, 5.41) is 0. The molecule has 31 heavy (non-hydrogen) atoms. The Labute approximate surface area is 184 Å². The first-order valence-electron chi connectivity index (χ1n) is 10.7. The molecule has 0 aliphatic rings. The summed E-state index contributed by atoms with van der Waals surface area (Å²) in [6.45, 7) is 7.59. The first-order chi connectivity index (χ1) is 15.0. The maximum Gasteiger partial charge on any atom is 0.338 e. The predicted octanol–water partition coefficient (Wildman–Crippen LogP) is 6.54. The summed E-state index contributed by atoms with van der Waals surface area (Å²) in [7, 11) is 0. The van der Waals surface area contributed by atoms with Crippen LogP contribution >= 0.6 is 0 Å². The van der Waals surface area contributed by atoms with Gasteiger partial charge in [-0.15, -0.1) is 0 Å². The van der Waals surface area contributed by atoms with Crippen LogP contribution in [0.25, 0.3) is 0 Å². The zero-order chi connectivity index (χ0) is 22.1. The van der Waals surface area contributed by atoms with Crippen molar-refractivity contribution >= 4 is 5.97 Å². The monoisotopic (exact) mass is 418 g/mol. The topological polar surface area (TPSA) is 44.8 Å². The fourth-order valence-corrected chi connectivity index (χ4v) is 3.33. The van der Waals surface area contributed by atoms with Crippen LogP contribution in [0.15, 0.2) is 78.9 Å². The minimum atomic E-state index is -0.291. The van der Waals surface area contributed by atoms with E-state index in [1.54, 1.807) is 6.92 Å². The lowest BCUT2D eigenvalue weighted by Gasteiger charge is -2.29. The van der Waals surface area contributed by atoms with Gasteiger partial charge in [0.05, 0.1) is 25.4 Å². The maximum atomic E-state index is 11.9. The third-order valence-corrected chi connectivity index (χ3v) is 5.44. The molecule has 0 bridgehead atoms. The van der Waals surface area contributed by atoms with E-state index >= 15 is 0 Å². The minimum absolute atomic E-state index is 0.147. The van der Waals surface area contributed by atoms with Gasteiger partial charge in [0.15, 0.2) is 0 Å². The van der Waals surface area contributed by atoms with Crippen molar-refractivity contribution in [1.82, 2.24) is 0 Å². The van der Waals surface area contributed by atoms with Gasteiger partial charge in [-0.25, -0.2) is 4.79 Å². The number of hydrogen-bond donors (Lipinski definition) is 0. The van der Waals surface area contributed by atoms with Crippen LogP contribution in [0.4, 0.5) is 0 Å². The Hall–Kier alpha value is -3.11. The van der Waals surface area contributed by atoms with E-state index in [0.29, 0.717) is 25.4 Å². The summed E-state index contributed by atoms with van der Waals surface area (Å²) in [5.41, 5.74) is 2.62. The molecule has 0 spiro atoms. The van der Waals surface area contributed by atoms with Gasteiger partial charge in [-0.3, -0.25) is 0 Å². The summed E-state index contributed by atoms with van der Waals surface area (Å²) in [6.07, 6.45) is 0.920. The Morgan fingerprint density at radius 1 is 0.871 bits per heavy atom. The molecule has 1 unspecified atom stereocenters. The van der Waals surface area contributed by atoms with Crippen molar-refractivity contribution in [1.29, 1.82) is 0 Å². The van der Waals surface area contributed by atoms with Crippen molar-refractivity contribution in [2.24, 2.45) is 0 Å². The van der Waals surface area contributed by atoms with E-state index in [9.17, 15) is 4.79 Å². The summed E-state index contributed by atoms with van der Waals surface area (Å²) in [5.74, 6) is 1.31. The Balaban J connectivity index is 1.60. The van der Waals surface area contributed by atoms with E-state index in [1.807, 2.05) is 78.9 Å². The van der Waals surface area contributed by atoms with Gasteiger partial charge in [0.2, 0.25) is 0 Å². The van der Waals surface area contributed by atoms with Crippen molar-refractivity contribution < 1.29 is 19.0 Å². The largest absolute Gasteiger partial charge is 0.462 e. The predicted molar refractivity (Wildman–Crippen MR) is 123 cm³/mol. The highest BCUT2D eigenvalue weighted by molar-refractivity contribution is 5.89. The number of benzene rings is 3. The minimum Gasteiger partial charge on any atom is -0.462 e. The van der Waals surface area contributed by atoms with E-state index in [-0.39, 0.29) is 11.4 Å². The highest BCUT2D eigenvalue weighted by atomic mass is 16.5. The van der Waals surface area contributed by atoms with E-state index in [0.717, 1.165) is 29.0 Å². The molecule has 4 heteroatoms. The number of ether oxygens (including phenoxy) is 3. The van der Waals surface area contributed by atoms with Crippen LogP contribution in [0, 0.1) is 0 Å². The number of hydrogen-bond acceptors (Lipinski definition) is 4. The van der Waals surface area contributed by atoms with Crippen molar-refractivity contribution in [3.63, 3.8) is 0 Å². The molecule has 0 amide bonds. The molecule has 0 aliphatic heterocycles. The Morgan fingerprint density at radius 2 is 1.58 bits per heavy atom. The number of para-hydroxylation sites is 1. The molecule has 0 aliphatic carbocycles. The van der Waals surface area contributed by atoms with Gasteiger partial charge in [0.1, 0.15) is 11.5 Å². The average Bonchev–Trinajstić information content (AvgIpc) is 2.80. The Kier molecular flexibility index (Phi) is 7.85. The van der Waals surface area contributed by atoms with Crippen LogP contribution in [-0.2, 0) is 21.5 Å². The lowest BCUT2D eigenvalue weighted by atomic mass is 9.80. The molecule has 3 aromatic rings. The molecule has 1 atom stereocenters. The SMILES string of the molecule is CCOC(=O)c1ccc(C(C)(CC)COCc2cccc(Oc3ccccc3)c2)cc1. The van der Waals surface area contributed by atoms with Crippen LogP contribution in [0.2, 0.25) is 0 Å². The molecule has 3 rings (SSSR count). The first-order valence-corrected chi connectivity index (χ1v) is 10.7. The molecule has 0 radical (unpaired) electrons. The lowest BCUT2D eigenvalue weighted by molar-refractivity contribution is 0.0526. The van der Waals surface area contributed by atoms with Crippen LogP contribution < -0.4 is 4.74 Å². The molecule has 162 valence electrons. The molecule has 0 fully saturated rings. The number of carbonyl (C=O) groups is 1. The molecule has 0 saturated heterocycles. The highest BCUT2D eigenvalue weighted by Gasteiger charge is 2.25. The van der Waals surface area contributed by atoms with Gasteiger partial charge in [0, 0.05) is 5.41 Å². The van der Waals surface area contributed by atoms with Crippen LogP contribution in [-0.4, -0.2) is 19.2 Å². The second kappa shape index (κ2) is 10.8. The summed E-state index contributed by atoms with van der Waals surface area (Å²) in [4.78, 5) is 11.9. The Morgan fingerprint density at radius 3 is 2.26 bits per heavy atom. The van der Waals surface area contributed by atoms with Gasteiger partial charge in [-0.05, 0) is 60.9 Å². The molecule has 3 aromatic carbocycles. The second-order valence-electron chi connectivity index (χ2n) is 7.77.